The monoisotopic (exact) mass is 1850 g/mol. The first-order valence-corrected chi connectivity index (χ1v) is 46.1. The Morgan fingerprint density at radius 1 is 0.333 bits per heavy atom. The molecule has 45 heteroatoms. The Labute approximate surface area is 745 Å². The fraction of sp³-hybridized carbons (Fsp3) is 0.333. The molecule has 4 saturated heterocycles. The number of nitrogens with one attached hydrogen (secondary N) is 9. The van der Waals surface area contributed by atoms with Crippen molar-refractivity contribution in [2.45, 2.75) is 123 Å². The molecule has 8 aromatic rings. The van der Waals surface area contributed by atoms with Crippen molar-refractivity contribution in [3.63, 3.8) is 0 Å². The highest BCUT2D eigenvalue weighted by Gasteiger charge is 2.39. The third-order valence-electron chi connectivity index (χ3n) is 21.2. The number of carboxylic acid groups (broad SMARTS) is 1. The normalized spacial score (nSPS) is 18.5. The van der Waals surface area contributed by atoms with Crippen LogP contribution in [0.25, 0.3) is 0 Å². The van der Waals surface area contributed by atoms with E-state index >= 15 is 0 Å². The number of nitrogens with two attached hydrogens (primary N) is 4. The number of likely N-dealkylation sites (tertiary alicyclic amines) is 3. The number of carboxylic acids is 1. The molecule has 4 aliphatic heterocycles. The maximum Gasteiger partial charge on any atom is 0.394 e. The van der Waals surface area contributed by atoms with E-state index in [1.165, 1.54) is 160 Å². The second-order valence-electron chi connectivity index (χ2n) is 30.6. The van der Waals surface area contributed by atoms with E-state index in [2.05, 4.69) is 67.0 Å². The van der Waals surface area contributed by atoms with Crippen LogP contribution in [0.5, 0.6) is 0 Å². The van der Waals surface area contributed by atoms with Crippen molar-refractivity contribution < 1.29 is 96.3 Å². The van der Waals surface area contributed by atoms with Gasteiger partial charge in [0, 0.05) is 50.5 Å². The Bertz CT molecular complexity index is 5510. The number of rotatable bonds is 20. The van der Waals surface area contributed by atoms with Crippen molar-refractivity contribution >= 4 is 134 Å². The van der Waals surface area contributed by atoms with Crippen LogP contribution in [0.4, 0.5) is 22.7 Å². The number of aromatic nitrogens is 4. The third-order valence-corrected chi connectivity index (χ3v) is 26.9. The minimum atomic E-state index is -3.58. The summed E-state index contributed by atoms with van der Waals surface area (Å²) in [7, 11) is -8.63. The molecule has 18 N–H and O–H groups in total. The summed E-state index contributed by atoms with van der Waals surface area (Å²) in [4.78, 5) is 163. The summed E-state index contributed by atoms with van der Waals surface area (Å²) < 4.78 is 104. The number of primary amides is 4. The number of hydrogen-bond acceptors (Lipinski definition) is 25. The van der Waals surface area contributed by atoms with Crippen molar-refractivity contribution in [3.8, 4) is 0 Å². The number of piperidine rings is 4. The Hall–Kier alpha value is -13.3. The zero-order chi connectivity index (χ0) is 95.0. The summed E-state index contributed by atoms with van der Waals surface area (Å²) in [5, 5.41) is 21.2. The quantitative estimate of drug-likeness (QED) is 0.0480. The van der Waals surface area contributed by atoms with Gasteiger partial charge in [0.15, 0.2) is 0 Å². The number of amides is 11. The topological polar surface area (TPSA) is 635 Å². The largest absolute Gasteiger partial charge is 0.474 e. The second kappa shape index (κ2) is 45.4. The molecular weight excluding hydrogens is 1750 g/mol. The summed E-state index contributed by atoms with van der Waals surface area (Å²) in [5.74, 6) is -9.07. The molecule has 0 saturated carbocycles. The van der Waals surface area contributed by atoms with Crippen LogP contribution >= 0.6 is 0 Å². The molecule has 8 heterocycles. The molecule has 688 valence electrons. The van der Waals surface area contributed by atoms with Crippen molar-refractivity contribution in [1.29, 1.82) is 0 Å². The van der Waals surface area contributed by atoms with E-state index in [9.17, 15) is 91.2 Å². The molecule has 0 aliphatic carbocycles. The van der Waals surface area contributed by atoms with Gasteiger partial charge in [-0.25, -0.2) is 57.4 Å². The van der Waals surface area contributed by atoms with Gasteiger partial charge < -0.3 is 69.3 Å². The molecule has 0 bridgehead atoms. The van der Waals surface area contributed by atoms with E-state index in [0.717, 1.165) is 60.4 Å². The number of aliphatic carboxylic acids is 1. The summed E-state index contributed by atoms with van der Waals surface area (Å²) in [6, 6.07) is 30.4. The molecule has 4 aromatic carbocycles. The lowest BCUT2D eigenvalue weighted by Crippen LogP contribution is -2.46. The van der Waals surface area contributed by atoms with E-state index in [0.29, 0.717) is 49.8 Å². The molecule has 0 radical (unpaired) electrons. The smallest absolute Gasteiger partial charge is 0.394 e. The highest BCUT2D eigenvalue weighted by atomic mass is 32.2. The fourth-order valence-corrected chi connectivity index (χ4v) is 17.0. The molecule has 41 nitrogen and oxygen atoms in total. The average Bonchev–Trinajstić information content (AvgIpc) is 0.798. The highest BCUT2D eigenvalue weighted by Crippen LogP contribution is 2.38. The first-order chi connectivity index (χ1) is 60.9. The summed E-state index contributed by atoms with van der Waals surface area (Å²) in [5.41, 5.74) is 25.1. The Morgan fingerprint density at radius 2 is 0.566 bits per heavy atom. The van der Waals surface area contributed by atoms with E-state index in [1.807, 2.05) is 38.2 Å². The van der Waals surface area contributed by atoms with Crippen LogP contribution in [0.3, 0.4) is 0 Å². The Kier molecular flexibility index (Phi) is 35.6. The van der Waals surface area contributed by atoms with Gasteiger partial charge in [0.25, 0.3) is 0 Å². The van der Waals surface area contributed by atoms with Gasteiger partial charge >= 0.3 is 47.3 Å². The minimum absolute atomic E-state index is 0.0817. The van der Waals surface area contributed by atoms with Gasteiger partial charge in [-0.15, -0.1) is 0 Å². The molecule has 0 spiro atoms. The van der Waals surface area contributed by atoms with Crippen LogP contribution < -0.4 is 68.4 Å². The lowest BCUT2D eigenvalue weighted by molar-refractivity contribution is -0.147. The van der Waals surface area contributed by atoms with Crippen LogP contribution in [0.15, 0.2) is 190 Å². The maximum absolute atomic E-state index is 13.0. The molecule has 8 atom stereocenters. The fourth-order valence-electron chi connectivity index (χ4n) is 14.1. The summed E-state index contributed by atoms with van der Waals surface area (Å²) in [6.07, 6.45) is 17.0. The number of nitrogens with zero attached hydrogens (tertiary/aromatic N) is 7. The zero-order valence-corrected chi connectivity index (χ0v) is 74.7. The van der Waals surface area contributed by atoms with Crippen LogP contribution in [-0.4, -0.2) is 199 Å². The molecule has 4 aliphatic rings. The van der Waals surface area contributed by atoms with Gasteiger partial charge in [0.2, 0.25) is 63.7 Å². The summed E-state index contributed by atoms with van der Waals surface area (Å²) in [6.45, 7) is 10.4. The van der Waals surface area contributed by atoms with Crippen molar-refractivity contribution in [2.24, 2.45) is 46.6 Å². The van der Waals surface area contributed by atoms with Gasteiger partial charge in [-0.1, -0.05) is 76.2 Å². The van der Waals surface area contributed by atoms with Gasteiger partial charge in [-0.3, -0.25) is 72.7 Å². The predicted molar refractivity (Wildman–Crippen MR) is 472 cm³/mol. The summed E-state index contributed by atoms with van der Waals surface area (Å²) >= 11 is 0. The minimum Gasteiger partial charge on any atom is -0.474 e. The molecule has 129 heavy (non-hydrogen) atoms. The van der Waals surface area contributed by atoms with Crippen molar-refractivity contribution in [1.82, 2.24) is 58.8 Å². The second-order valence-corrected chi connectivity index (χ2v) is 38.2. The number of sulfonamides is 4. The maximum atomic E-state index is 13.0. The van der Waals surface area contributed by atoms with E-state index in [1.54, 1.807) is 48.5 Å². The van der Waals surface area contributed by atoms with Crippen LogP contribution in [0.1, 0.15) is 167 Å². The lowest BCUT2D eigenvalue weighted by Gasteiger charge is -2.38. The Morgan fingerprint density at radius 3 is 0.783 bits per heavy atom. The molecule has 12 rings (SSSR count). The van der Waals surface area contributed by atoms with E-state index in [-0.39, 0.29) is 95.6 Å². The van der Waals surface area contributed by atoms with Crippen LogP contribution in [-0.2, 0) is 78.4 Å². The molecule has 4 fully saturated rings. The first kappa shape index (κ1) is 101. The van der Waals surface area contributed by atoms with Crippen LogP contribution in [0, 0.1) is 23.7 Å². The van der Waals surface area contributed by atoms with E-state index < -0.39 is 111 Å². The molecule has 0 unspecified atom stereocenters. The molecule has 4 aromatic heterocycles. The van der Waals surface area contributed by atoms with Gasteiger partial charge in [0.1, 0.15) is 0 Å². The van der Waals surface area contributed by atoms with Gasteiger partial charge in [-0.2, -0.15) is 0 Å². The average molecular weight is 1860 g/mol. The number of anilines is 4. The van der Waals surface area contributed by atoms with Gasteiger partial charge in [0.05, 0.1) is 107 Å². The Balaban J connectivity index is 0.000000205. The first-order valence-electron chi connectivity index (χ1n) is 40.2. The number of carbonyl (C=O) groups is 12. The number of pyridine rings is 4. The predicted octanol–water partition coefficient (Wildman–Crippen LogP) is 3.94. The number of benzene rings is 4. The lowest BCUT2D eigenvalue weighted by atomic mass is 9.90. The van der Waals surface area contributed by atoms with Crippen LogP contribution in [0.2, 0.25) is 0 Å². The molecular formula is C84H102N20O21S4. The van der Waals surface area contributed by atoms with E-state index in [4.69, 9.17) is 28.0 Å². The third kappa shape index (κ3) is 28.1. The van der Waals surface area contributed by atoms with Crippen molar-refractivity contribution in [2.75, 3.05) is 75.6 Å². The molecule has 11 amide bonds. The van der Waals surface area contributed by atoms with Crippen molar-refractivity contribution in [3.05, 3.63) is 215 Å². The highest BCUT2D eigenvalue weighted by molar-refractivity contribution is 7.90. The number of hydrogen-bond donors (Lipinski definition) is 14. The SMILES string of the molecule is CNS(=O)(=O)c1ccc([C@@H]2CC[C@@H](C)CN2C(=O)C(=O)Nc2cncc(C(N)=O)c2)cc1.CNS(=O)(=O)c1ccc([C@H]2CC[C@H](C)CN2)cc1.CNS(=O)(=O)c1ccc([C@H]2CC[C@H](C)CN2C(=O)C(=O)Nc2cncc(C(N)=O)c2)cc1.CNS(=O)(=O)c1ccc([C@H]2CC[C@H](C)CN2C(=O)C(=O)Nc2cncc(C(N)=O)c2)cc1.NC(=O)c1cncc(NC(=O)C(=O)O)c1. The van der Waals surface area contributed by atoms with Gasteiger partial charge in [-0.05, 0) is 205 Å². The zero-order valence-electron chi connectivity index (χ0n) is 71.5. The standard InChI is InChI=1S/3C21H25N5O5S.C13H20N2O2S.C8H7N3O4/c3*1-13-3-8-18(14-4-6-17(7-5-14)32(30,31)23-2)26(12-13)21(29)20(28)25-16-9-15(19(22)27)10-24-11-16;1-10-3-8-13(15-9-10)11-4-6-12(7-5-11)18(16,17)14-2;9-6(12)4-1-5(3-10-2-4)11-7(13)8(14)15/h3*4-7,9-11,13,18,23H,3,8,12H2,1-2H3,(H2,22,27)(H,25,28);4-7,10,13-15H,3,8-9H2,1-2H3;1-3H,(H2,9,12)(H,11,13)(H,14,15)/t3*13-,18+;10-,13+;/m1000./s1. The number of carbonyl (C=O) groups excluding carboxylic acids is 11.